The Morgan fingerprint density at radius 2 is 1.88 bits per heavy atom. The Bertz CT molecular complexity index is 704. The van der Waals surface area contributed by atoms with Crippen LogP contribution in [0.1, 0.15) is 23.6 Å². The van der Waals surface area contributed by atoms with E-state index < -0.39 is 0 Å². The molecule has 2 aromatic rings. The van der Waals surface area contributed by atoms with E-state index in [1.165, 1.54) is 11.1 Å². The zero-order chi connectivity index (χ0) is 18.9. The van der Waals surface area contributed by atoms with Crippen LogP contribution < -0.4 is 14.8 Å². The molecule has 0 aliphatic rings. The molecule has 0 fully saturated rings. The molecule has 0 aromatic heterocycles. The molecular weight excluding hydrogens is 392 g/mol. The van der Waals surface area contributed by atoms with Crippen molar-refractivity contribution in [1.29, 1.82) is 0 Å². The highest BCUT2D eigenvalue weighted by atomic mass is 79.9. The lowest BCUT2D eigenvalue weighted by molar-refractivity contribution is 0.267. The number of benzene rings is 2. The van der Waals surface area contributed by atoms with Crippen molar-refractivity contribution in [3.05, 3.63) is 57.6 Å². The minimum atomic E-state index is 0.515. The number of aryl methyl sites for hydroxylation is 1. The molecule has 0 saturated carbocycles. The molecule has 2 aromatic carbocycles. The average Bonchev–Trinajstić information content (AvgIpc) is 2.58. The van der Waals surface area contributed by atoms with Crippen LogP contribution in [0.15, 0.2) is 40.9 Å². The van der Waals surface area contributed by atoms with Gasteiger partial charge in [0.25, 0.3) is 0 Å². The van der Waals surface area contributed by atoms with Gasteiger partial charge in [-0.05, 0) is 67.1 Å². The van der Waals surface area contributed by atoms with Crippen LogP contribution in [0.3, 0.4) is 0 Å². The Morgan fingerprint density at radius 3 is 2.58 bits per heavy atom. The first-order valence-electron chi connectivity index (χ1n) is 8.98. The maximum atomic E-state index is 6.07. The molecule has 0 aliphatic carbocycles. The van der Waals surface area contributed by atoms with Crippen LogP contribution in [-0.4, -0.2) is 38.7 Å². The zero-order valence-corrected chi connectivity index (χ0v) is 17.7. The summed E-state index contributed by atoms with van der Waals surface area (Å²) in [5.74, 6) is 1.53. The lowest BCUT2D eigenvalue weighted by atomic mass is 10.1. The lowest BCUT2D eigenvalue weighted by Gasteiger charge is -2.16. The van der Waals surface area contributed by atoms with E-state index in [0.717, 1.165) is 41.2 Å². The smallest absolute Gasteiger partial charge is 0.175 e. The van der Waals surface area contributed by atoms with Crippen molar-refractivity contribution >= 4 is 15.9 Å². The first kappa shape index (κ1) is 20.7. The van der Waals surface area contributed by atoms with E-state index in [1.807, 2.05) is 6.92 Å². The summed E-state index contributed by atoms with van der Waals surface area (Å²) in [4.78, 5) is 2.16. The molecule has 0 aliphatic heterocycles. The highest BCUT2D eigenvalue weighted by Crippen LogP contribution is 2.37. The molecule has 4 nitrogen and oxygen atoms in total. The number of nitrogens with zero attached hydrogens (tertiary/aromatic N) is 1. The highest BCUT2D eigenvalue weighted by Gasteiger charge is 2.13. The Kier molecular flexibility index (Phi) is 8.42. The molecule has 0 amide bonds. The quantitative estimate of drug-likeness (QED) is 0.577. The van der Waals surface area contributed by atoms with Crippen LogP contribution in [0.2, 0.25) is 0 Å². The van der Waals surface area contributed by atoms with Gasteiger partial charge in [0.05, 0.1) is 11.1 Å². The third-order valence-electron chi connectivity index (χ3n) is 3.90. The number of halogens is 1. The van der Waals surface area contributed by atoms with Gasteiger partial charge in [-0.2, -0.15) is 0 Å². The summed E-state index contributed by atoms with van der Waals surface area (Å²) >= 11 is 3.65. The van der Waals surface area contributed by atoms with E-state index in [1.54, 1.807) is 0 Å². The maximum absolute atomic E-state index is 6.07. The molecule has 0 atom stereocenters. The lowest BCUT2D eigenvalue weighted by Crippen LogP contribution is -2.26. The van der Waals surface area contributed by atoms with E-state index in [4.69, 9.17) is 9.47 Å². The van der Waals surface area contributed by atoms with Crippen molar-refractivity contribution in [1.82, 2.24) is 10.2 Å². The summed E-state index contributed by atoms with van der Waals surface area (Å²) in [5.41, 5.74) is 3.55. The average molecular weight is 421 g/mol. The van der Waals surface area contributed by atoms with Crippen LogP contribution in [0, 0.1) is 6.92 Å². The summed E-state index contributed by atoms with van der Waals surface area (Å²) in [6, 6.07) is 12.5. The third-order valence-corrected chi connectivity index (χ3v) is 4.49. The molecule has 26 heavy (non-hydrogen) atoms. The van der Waals surface area contributed by atoms with E-state index in [-0.39, 0.29) is 0 Å². The van der Waals surface area contributed by atoms with Gasteiger partial charge >= 0.3 is 0 Å². The SMILES string of the molecule is CCOc1cc(CNCCN(C)C)cc(Br)c1OCc1cccc(C)c1. The van der Waals surface area contributed by atoms with Crippen molar-refractivity contribution in [3.8, 4) is 11.5 Å². The van der Waals surface area contributed by atoms with Gasteiger partial charge in [0.2, 0.25) is 0 Å². The number of rotatable bonds is 10. The molecule has 0 heterocycles. The Labute approximate surface area is 165 Å². The number of nitrogens with one attached hydrogen (secondary N) is 1. The van der Waals surface area contributed by atoms with E-state index in [9.17, 15) is 0 Å². The van der Waals surface area contributed by atoms with Crippen molar-refractivity contribution in [3.63, 3.8) is 0 Å². The normalized spacial score (nSPS) is 11.0. The molecule has 0 radical (unpaired) electrons. The topological polar surface area (TPSA) is 33.7 Å². The summed E-state index contributed by atoms with van der Waals surface area (Å²) < 4.78 is 12.8. The molecular formula is C21H29BrN2O2. The molecule has 142 valence electrons. The second-order valence-electron chi connectivity index (χ2n) is 6.60. The second kappa shape index (κ2) is 10.6. The number of hydrogen-bond acceptors (Lipinski definition) is 4. The molecule has 2 rings (SSSR count). The van der Waals surface area contributed by atoms with Crippen LogP contribution in [-0.2, 0) is 13.2 Å². The monoisotopic (exact) mass is 420 g/mol. The summed E-state index contributed by atoms with van der Waals surface area (Å²) in [7, 11) is 4.15. The Morgan fingerprint density at radius 1 is 1.08 bits per heavy atom. The first-order chi connectivity index (χ1) is 12.5. The molecule has 1 N–H and O–H groups in total. The summed E-state index contributed by atoms with van der Waals surface area (Å²) in [6.45, 7) is 7.94. The van der Waals surface area contributed by atoms with Gasteiger partial charge in [-0.15, -0.1) is 0 Å². The van der Waals surface area contributed by atoms with Gasteiger partial charge in [0, 0.05) is 19.6 Å². The molecule has 0 unspecified atom stereocenters. The standard InChI is InChI=1S/C21H29BrN2O2/c1-5-25-20-13-18(14-23-9-10-24(3)4)12-19(22)21(20)26-15-17-8-6-7-16(2)11-17/h6-8,11-13,23H,5,9-10,14-15H2,1-4H3. The minimum absolute atomic E-state index is 0.515. The molecule has 0 spiro atoms. The number of hydrogen-bond donors (Lipinski definition) is 1. The third kappa shape index (κ3) is 6.63. The zero-order valence-electron chi connectivity index (χ0n) is 16.1. The summed E-state index contributed by atoms with van der Waals surface area (Å²) in [5, 5.41) is 3.45. The second-order valence-corrected chi connectivity index (χ2v) is 7.45. The van der Waals surface area contributed by atoms with Gasteiger partial charge < -0.3 is 19.7 Å². The highest BCUT2D eigenvalue weighted by molar-refractivity contribution is 9.10. The Balaban J connectivity index is 2.07. The number of ether oxygens (including phenoxy) is 2. The fraction of sp³-hybridized carbons (Fsp3) is 0.429. The Hall–Kier alpha value is -1.56. The van der Waals surface area contributed by atoms with E-state index >= 15 is 0 Å². The predicted octanol–water partition coefficient (Wildman–Crippen LogP) is 4.39. The first-order valence-corrected chi connectivity index (χ1v) is 9.78. The van der Waals surface area contributed by atoms with Crippen molar-refractivity contribution in [2.24, 2.45) is 0 Å². The molecule has 5 heteroatoms. The van der Waals surface area contributed by atoms with Crippen LogP contribution >= 0.6 is 15.9 Å². The van der Waals surface area contributed by atoms with Gasteiger partial charge in [-0.1, -0.05) is 29.8 Å². The minimum Gasteiger partial charge on any atom is -0.490 e. The van der Waals surface area contributed by atoms with Crippen LogP contribution in [0.25, 0.3) is 0 Å². The van der Waals surface area contributed by atoms with Crippen LogP contribution in [0.4, 0.5) is 0 Å². The van der Waals surface area contributed by atoms with E-state index in [0.29, 0.717) is 13.2 Å². The van der Waals surface area contributed by atoms with Crippen molar-refractivity contribution in [2.75, 3.05) is 33.8 Å². The predicted molar refractivity (Wildman–Crippen MR) is 111 cm³/mol. The maximum Gasteiger partial charge on any atom is 0.175 e. The van der Waals surface area contributed by atoms with Crippen LogP contribution in [0.5, 0.6) is 11.5 Å². The fourth-order valence-corrected chi connectivity index (χ4v) is 3.22. The summed E-state index contributed by atoms with van der Waals surface area (Å²) in [6.07, 6.45) is 0. The largest absolute Gasteiger partial charge is 0.490 e. The van der Waals surface area contributed by atoms with E-state index in [2.05, 4.69) is 83.6 Å². The van der Waals surface area contributed by atoms with Gasteiger partial charge in [0.15, 0.2) is 11.5 Å². The van der Waals surface area contributed by atoms with Crippen molar-refractivity contribution < 1.29 is 9.47 Å². The van der Waals surface area contributed by atoms with Crippen molar-refractivity contribution in [2.45, 2.75) is 27.0 Å². The van der Waals surface area contributed by atoms with Gasteiger partial charge in [-0.25, -0.2) is 0 Å². The van der Waals surface area contributed by atoms with Gasteiger partial charge in [-0.3, -0.25) is 0 Å². The molecule has 0 saturated heterocycles. The fourth-order valence-electron chi connectivity index (χ4n) is 2.62. The van der Waals surface area contributed by atoms with Gasteiger partial charge in [0.1, 0.15) is 6.61 Å². The molecule has 0 bridgehead atoms. The number of likely N-dealkylation sites (N-methyl/N-ethyl adjacent to an activating group) is 1.